The largest absolute Gasteiger partial charge is 0.369 e. The van der Waals surface area contributed by atoms with Crippen LogP contribution in [0.5, 0.6) is 0 Å². The summed E-state index contributed by atoms with van der Waals surface area (Å²) in [4.78, 5) is 6.63. The first-order chi connectivity index (χ1) is 12.2. The van der Waals surface area contributed by atoms with E-state index in [2.05, 4.69) is 42.5 Å². The van der Waals surface area contributed by atoms with Crippen LogP contribution < -0.4 is 10.6 Å². The van der Waals surface area contributed by atoms with Gasteiger partial charge in [0.25, 0.3) is 0 Å². The molecule has 2 N–H and O–H groups in total. The summed E-state index contributed by atoms with van der Waals surface area (Å²) in [6.07, 6.45) is 0. The second-order valence-corrected chi connectivity index (χ2v) is 6.03. The Kier molecular flexibility index (Phi) is 3.82. The third-order valence-corrected chi connectivity index (χ3v) is 4.47. The number of nitrogens with two attached hydrogens (primary N) is 1. The Morgan fingerprint density at radius 3 is 2.04 bits per heavy atom. The standard InChI is InChI=1S/C22H19N3/c1-25(21-15-7-11-17-9-3-5-13-19(17)21)22(23)24-20-14-6-10-16-8-2-4-12-18(16)20/h2-15H,1H3,(H2,23,24). The lowest BCUT2D eigenvalue weighted by Gasteiger charge is -2.20. The predicted octanol–water partition coefficient (Wildman–Crippen LogP) is 5.08. The first-order valence-corrected chi connectivity index (χ1v) is 8.27. The fraction of sp³-hybridized carbons (Fsp3) is 0.0455. The van der Waals surface area contributed by atoms with Crippen LogP contribution in [0.1, 0.15) is 0 Å². The zero-order valence-electron chi connectivity index (χ0n) is 14.1. The molecule has 25 heavy (non-hydrogen) atoms. The molecule has 122 valence electrons. The van der Waals surface area contributed by atoms with E-state index in [1.54, 1.807) is 0 Å². The molecular formula is C22H19N3. The SMILES string of the molecule is CN(C(N)=Nc1cccc2ccccc12)c1cccc2ccccc12. The number of guanidine groups is 1. The van der Waals surface area contributed by atoms with Crippen LogP contribution in [0.25, 0.3) is 21.5 Å². The summed E-state index contributed by atoms with van der Waals surface area (Å²) in [5.41, 5.74) is 8.26. The number of benzene rings is 4. The molecule has 0 saturated carbocycles. The van der Waals surface area contributed by atoms with E-state index in [4.69, 9.17) is 10.7 Å². The molecule has 0 amide bonds. The smallest absolute Gasteiger partial charge is 0.200 e. The second-order valence-electron chi connectivity index (χ2n) is 6.03. The lowest BCUT2D eigenvalue weighted by Crippen LogP contribution is -2.33. The van der Waals surface area contributed by atoms with E-state index in [0.717, 1.165) is 27.5 Å². The van der Waals surface area contributed by atoms with Crippen molar-refractivity contribution in [2.75, 3.05) is 11.9 Å². The first-order valence-electron chi connectivity index (χ1n) is 8.27. The van der Waals surface area contributed by atoms with Gasteiger partial charge in [-0.15, -0.1) is 0 Å². The topological polar surface area (TPSA) is 41.6 Å². The van der Waals surface area contributed by atoms with Crippen LogP contribution in [-0.2, 0) is 0 Å². The molecule has 0 unspecified atom stereocenters. The van der Waals surface area contributed by atoms with E-state index in [0.29, 0.717) is 5.96 Å². The Labute approximate surface area is 147 Å². The fourth-order valence-corrected chi connectivity index (χ4v) is 3.13. The molecule has 3 nitrogen and oxygen atoms in total. The molecule has 4 aromatic carbocycles. The van der Waals surface area contributed by atoms with Gasteiger partial charge in [0.05, 0.1) is 11.4 Å². The highest BCUT2D eigenvalue weighted by molar-refractivity contribution is 6.06. The average molecular weight is 325 g/mol. The van der Waals surface area contributed by atoms with Gasteiger partial charge < -0.3 is 10.6 Å². The lowest BCUT2D eigenvalue weighted by molar-refractivity contribution is 1.23. The number of rotatable bonds is 2. The van der Waals surface area contributed by atoms with Gasteiger partial charge in [0.2, 0.25) is 5.96 Å². The summed E-state index contributed by atoms with van der Waals surface area (Å²) in [5, 5.41) is 4.59. The number of anilines is 1. The highest BCUT2D eigenvalue weighted by Crippen LogP contribution is 2.28. The van der Waals surface area contributed by atoms with Crippen molar-refractivity contribution >= 4 is 38.9 Å². The molecule has 0 spiro atoms. The maximum Gasteiger partial charge on any atom is 0.200 e. The maximum absolute atomic E-state index is 6.34. The van der Waals surface area contributed by atoms with Crippen LogP contribution in [0.4, 0.5) is 11.4 Å². The molecule has 0 aliphatic carbocycles. The number of nitrogens with zero attached hydrogens (tertiary/aromatic N) is 2. The molecule has 4 rings (SSSR count). The Morgan fingerprint density at radius 1 is 0.720 bits per heavy atom. The van der Waals surface area contributed by atoms with Gasteiger partial charge in [0, 0.05) is 17.8 Å². The van der Waals surface area contributed by atoms with Gasteiger partial charge >= 0.3 is 0 Å². The molecule has 0 radical (unpaired) electrons. The molecule has 0 bridgehead atoms. The van der Waals surface area contributed by atoms with E-state index in [1.165, 1.54) is 5.39 Å². The minimum atomic E-state index is 0.465. The molecule has 0 atom stereocenters. The van der Waals surface area contributed by atoms with Gasteiger partial charge in [0.1, 0.15) is 0 Å². The monoisotopic (exact) mass is 325 g/mol. The Hall–Kier alpha value is -3.33. The van der Waals surface area contributed by atoms with Crippen LogP contribution >= 0.6 is 0 Å². The van der Waals surface area contributed by atoms with Gasteiger partial charge in [-0.3, -0.25) is 0 Å². The van der Waals surface area contributed by atoms with Gasteiger partial charge in [-0.25, -0.2) is 4.99 Å². The van der Waals surface area contributed by atoms with E-state index in [9.17, 15) is 0 Å². The third kappa shape index (κ3) is 2.81. The molecule has 4 aromatic rings. The summed E-state index contributed by atoms with van der Waals surface area (Å²) in [7, 11) is 1.95. The summed E-state index contributed by atoms with van der Waals surface area (Å²) in [5.74, 6) is 0.465. The van der Waals surface area contributed by atoms with E-state index in [1.807, 2.05) is 54.4 Å². The quantitative estimate of drug-likeness (QED) is 0.413. The van der Waals surface area contributed by atoms with Gasteiger partial charge in [-0.1, -0.05) is 72.8 Å². The zero-order valence-corrected chi connectivity index (χ0v) is 14.1. The van der Waals surface area contributed by atoms with Crippen LogP contribution in [0.2, 0.25) is 0 Å². The molecule has 0 aromatic heterocycles. The van der Waals surface area contributed by atoms with Crippen molar-refractivity contribution in [3.05, 3.63) is 84.9 Å². The number of hydrogen-bond acceptors (Lipinski definition) is 1. The minimum absolute atomic E-state index is 0.465. The van der Waals surface area contributed by atoms with Crippen molar-refractivity contribution in [1.29, 1.82) is 0 Å². The molecule has 0 aliphatic heterocycles. The Balaban J connectivity index is 1.79. The average Bonchev–Trinajstić information content (AvgIpc) is 2.67. The summed E-state index contributed by atoms with van der Waals surface area (Å²) in [6.45, 7) is 0. The van der Waals surface area contributed by atoms with Crippen molar-refractivity contribution in [2.45, 2.75) is 0 Å². The Morgan fingerprint density at radius 2 is 1.28 bits per heavy atom. The van der Waals surface area contributed by atoms with Gasteiger partial charge in [-0.2, -0.15) is 0 Å². The van der Waals surface area contributed by atoms with Crippen molar-refractivity contribution in [1.82, 2.24) is 0 Å². The van der Waals surface area contributed by atoms with Crippen LogP contribution in [-0.4, -0.2) is 13.0 Å². The van der Waals surface area contributed by atoms with E-state index < -0.39 is 0 Å². The van der Waals surface area contributed by atoms with Crippen molar-refractivity contribution in [3.63, 3.8) is 0 Å². The molecule has 0 aliphatic rings. The zero-order chi connectivity index (χ0) is 17.2. The van der Waals surface area contributed by atoms with Crippen molar-refractivity contribution in [2.24, 2.45) is 10.7 Å². The highest BCUT2D eigenvalue weighted by atomic mass is 15.2. The van der Waals surface area contributed by atoms with Crippen molar-refractivity contribution < 1.29 is 0 Å². The van der Waals surface area contributed by atoms with Crippen molar-refractivity contribution in [3.8, 4) is 0 Å². The molecule has 3 heteroatoms. The predicted molar refractivity (Wildman–Crippen MR) is 108 cm³/mol. The minimum Gasteiger partial charge on any atom is -0.369 e. The molecule has 0 heterocycles. The van der Waals surface area contributed by atoms with E-state index >= 15 is 0 Å². The normalized spacial score (nSPS) is 11.8. The molecule has 0 saturated heterocycles. The van der Waals surface area contributed by atoms with Crippen LogP contribution in [0.15, 0.2) is 89.9 Å². The summed E-state index contributed by atoms with van der Waals surface area (Å²) < 4.78 is 0. The van der Waals surface area contributed by atoms with Gasteiger partial charge in [0.15, 0.2) is 0 Å². The van der Waals surface area contributed by atoms with Crippen LogP contribution in [0.3, 0.4) is 0 Å². The van der Waals surface area contributed by atoms with Crippen LogP contribution in [0, 0.1) is 0 Å². The van der Waals surface area contributed by atoms with E-state index in [-0.39, 0.29) is 0 Å². The molecule has 0 fully saturated rings. The number of aliphatic imine (C=N–C) groups is 1. The highest BCUT2D eigenvalue weighted by Gasteiger charge is 2.09. The third-order valence-electron chi connectivity index (χ3n) is 4.47. The van der Waals surface area contributed by atoms with Gasteiger partial charge in [-0.05, 0) is 22.9 Å². The fourth-order valence-electron chi connectivity index (χ4n) is 3.13. The number of hydrogen-bond donors (Lipinski definition) is 1. The summed E-state index contributed by atoms with van der Waals surface area (Å²) in [6, 6.07) is 28.8. The maximum atomic E-state index is 6.34. The Bertz CT molecular complexity index is 1070. The lowest BCUT2D eigenvalue weighted by atomic mass is 10.1. The summed E-state index contributed by atoms with van der Waals surface area (Å²) >= 11 is 0. The number of fused-ring (bicyclic) bond motifs is 2. The first kappa shape index (κ1) is 15.2. The molecular weight excluding hydrogens is 306 g/mol. The second kappa shape index (κ2) is 6.29.